The zero-order chi connectivity index (χ0) is 40.2. The van der Waals surface area contributed by atoms with Gasteiger partial charge in [0.25, 0.3) is 0 Å². The van der Waals surface area contributed by atoms with Crippen LogP contribution >= 0.6 is 0 Å². The third kappa shape index (κ3) is 4.28. The fourth-order valence-corrected chi connectivity index (χ4v) is 15.4. The Morgan fingerprint density at radius 3 is 1.82 bits per heavy atom. The van der Waals surface area contributed by atoms with Gasteiger partial charge in [-0.15, -0.1) is 0 Å². The minimum atomic E-state index is -0.184. The summed E-state index contributed by atoms with van der Waals surface area (Å²) in [6.07, 6.45) is 7.17. The molecule has 8 aromatic carbocycles. The maximum atomic E-state index is 2.61. The summed E-state index contributed by atoms with van der Waals surface area (Å²) in [5.41, 5.74) is 21.1. The highest BCUT2D eigenvalue weighted by Crippen LogP contribution is 2.84. The van der Waals surface area contributed by atoms with Gasteiger partial charge in [0.05, 0.1) is 11.4 Å². The van der Waals surface area contributed by atoms with E-state index in [0.717, 1.165) is 17.8 Å². The summed E-state index contributed by atoms with van der Waals surface area (Å²) in [5, 5.41) is 2.61. The monoisotopic (exact) mass is 783 g/mol. The van der Waals surface area contributed by atoms with Crippen LogP contribution in [0.15, 0.2) is 176 Å². The number of hydrogen-bond donors (Lipinski definition) is 0. The molecule has 6 aliphatic rings. The van der Waals surface area contributed by atoms with Gasteiger partial charge in [0.2, 0.25) is 0 Å². The number of fused-ring (bicyclic) bond motifs is 13. The van der Waals surface area contributed by atoms with Gasteiger partial charge in [0, 0.05) is 21.9 Å². The number of nitrogens with zero attached hydrogens (tertiary/aromatic N) is 1. The van der Waals surface area contributed by atoms with Gasteiger partial charge in [-0.2, -0.15) is 0 Å². The van der Waals surface area contributed by atoms with Crippen molar-refractivity contribution >= 4 is 27.8 Å². The first-order valence-electron chi connectivity index (χ1n) is 22.9. The summed E-state index contributed by atoms with van der Waals surface area (Å²) in [4.78, 5) is 2.61. The molecule has 6 atom stereocenters. The first-order chi connectivity index (χ1) is 30.0. The molecule has 0 N–H and O–H groups in total. The van der Waals surface area contributed by atoms with Gasteiger partial charge in [0.1, 0.15) is 0 Å². The number of anilines is 3. The van der Waals surface area contributed by atoms with Crippen molar-refractivity contribution in [2.75, 3.05) is 4.90 Å². The highest BCUT2D eigenvalue weighted by atomic mass is 15.1. The summed E-state index contributed by atoms with van der Waals surface area (Å²) in [7, 11) is 0. The molecule has 0 amide bonds. The maximum absolute atomic E-state index is 2.61. The number of hydrogen-bond acceptors (Lipinski definition) is 1. The van der Waals surface area contributed by atoms with Crippen molar-refractivity contribution in [3.8, 4) is 44.5 Å². The van der Waals surface area contributed by atoms with Crippen LogP contribution in [0.1, 0.15) is 68.2 Å². The fourth-order valence-electron chi connectivity index (χ4n) is 15.4. The molecule has 8 aromatic rings. The quantitative estimate of drug-likeness (QED) is 0.168. The predicted molar refractivity (Wildman–Crippen MR) is 253 cm³/mol. The average molecular weight is 784 g/mol. The van der Waals surface area contributed by atoms with E-state index in [2.05, 4.69) is 195 Å². The van der Waals surface area contributed by atoms with Crippen molar-refractivity contribution in [3.63, 3.8) is 0 Å². The molecule has 6 aliphatic carbocycles. The van der Waals surface area contributed by atoms with Gasteiger partial charge in [-0.25, -0.2) is 0 Å². The van der Waals surface area contributed by atoms with Crippen LogP contribution in [-0.2, 0) is 10.8 Å². The largest absolute Gasteiger partial charge is 0.310 e. The summed E-state index contributed by atoms with van der Waals surface area (Å²) in [6.45, 7) is 4.84. The number of rotatable bonds is 5. The fraction of sp³-hybridized carbons (Fsp3) is 0.233. The van der Waals surface area contributed by atoms with Gasteiger partial charge >= 0.3 is 0 Å². The lowest BCUT2D eigenvalue weighted by Crippen LogP contribution is -2.50. The first kappa shape index (κ1) is 34.5. The lowest BCUT2D eigenvalue weighted by atomic mass is 9.49. The minimum absolute atomic E-state index is 0.0777. The van der Waals surface area contributed by atoms with Crippen molar-refractivity contribution in [1.29, 1.82) is 0 Å². The summed E-state index contributed by atoms with van der Waals surface area (Å²) >= 11 is 0. The summed E-state index contributed by atoms with van der Waals surface area (Å²) in [6, 6.07) is 67.3. The van der Waals surface area contributed by atoms with Crippen LogP contribution in [0.25, 0.3) is 55.3 Å². The van der Waals surface area contributed by atoms with E-state index in [4.69, 9.17) is 0 Å². The normalized spacial score (nSPS) is 26.1. The summed E-state index contributed by atoms with van der Waals surface area (Å²) in [5.74, 6) is 3.28. The molecule has 3 bridgehead atoms. The Hall–Kier alpha value is -6.18. The predicted octanol–water partition coefficient (Wildman–Crippen LogP) is 15.7. The van der Waals surface area contributed by atoms with Gasteiger partial charge in [-0.1, -0.05) is 166 Å². The summed E-state index contributed by atoms with van der Waals surface area (Å²) < 4.78 is 0. The van der Waals surface area contributed by atoms with Crippen molar-refractivity contribution in [2.45, 2.75) is 56.8 Å². The second-order valence-corrected chi connectivity index (χ2v) is 20.1. The van der Waals surface area contributed by atoms with E-state index < -0.39 is 0 Å². The topological polar surface area (TPSA) is 3.24 Å². The van der Waals surface area contributed by atoms with Crippen LogP contribution in [0.5, 0.6) is 0 Å². The van der Waals surface area contributed by atoms with Gasteiger partial charge < -0.3 is 4.90 Å². The molecule has 294 valence electrons. The van der Waals surface area contributed by atoms with Crippen LogP contribution in [0.4, 0.5) is 17.1 Å². The molecule has 1 nitrogen and oxygen atoms in total. The molecule has 14 rings (SSSR count). The van der Waals surface area contributed by atoms with E-state index in [1.165, 1.54) is 116 Å². The minimum Gasteiger partial charge on any atom is -0.310 e. The zero-order valence-corrected chi connectivity index (χ0v) is 35.0. The Balaban J connectivity index is 1.03. The molecule has 4 saturated carbocycles. The maximum Gasteiger partial charge on any atom is 0.0546 e. The number of benzene rings is 8. The first-order valence-corrected chi connectivity index (χ1v) is 22.9. The molecule has 0 aromatic heterocycles. The van der Waals surface area contributed by atoms with Crippen molar-refractivity contribution in [3.05, 3.63) is 198 Å². The van der Waals surface area contributed by atoms with E-state index >= 15 is 0 Å². The van der Waals surface area contributed by atoms with E-state index in [1.54, 1.807) is 11.1 Å². The third-order valence-electron chi connectivity index (χ3n) is 17.3. The van der Waals surface area contributed by atoms with Crippen LogP contribution < -0.4 is 4.90 Å². The second kappa shape index (κ2) is 12.0. The second-order valence-electron chi connectivity index (χ2n) is 20.1. The Morgan fingerprint density at radius 2 is 1.02 bits per heavy atom. The molecule has 4 fully saturated rings. The van der Waals surface area contributed by atoms with Crippen molar-refractivity contribution < 1.29 is 0 Å². The van der Waals surface area contributed by atoms with Gasteiger partial charge in [0.15, 0.2) is 0 Å². The lowest BCUT2D eigenvalue weighted by Gasteiger charge is -2.54. The Bertz CT molecular complexity index is 3130. The molecule has 0 heterocycles. The van der Waals surface area contributed by atoms with Crippen LogP contribution in [0.2, 0.25) is 0 Å². The Labute approximate surface area is 359 Å². The van der Waals surface area contributed by atoms with Gasteiger partial charge in [-0.05, 0) is 158 Å². The molecule has 0 radical (unpaired) electrons. The van der Waals surface area contributed by atoms with Crippen LogP contribution in [-0.4, -0.2) is 0 Å². The highest BCUT2D eigenvalue weighted by molar-refractivity contribution is 6.10. The highest BCUT2D eigenvalue weighted by Gasteiger charge is 2.77. The zero-order valence-electron chi connectivity index (χ0n) is 35.0. The lowest BCUT2D eigenvalue weighted by molar-refractivity contribution is -0.0193. The molecule has 0 saturated heterocycles. The van der Waals surface area contributed by atoms with E-state index in [-0.39, 0.29) is 10.8 Å². The Morgan fingerprint density at radius 1 is 0.443 bits per heavy atom. The molecule has 61 heavy (non-hydrogen) atoms. The molecular weight excluding hydrogens is 735 g/mol. The molecular formula is C60H49N. The standard InChI is InChI=1S/C60H49N/c1-58(2)50-24-8-6-18-44(50)48-23-13-27-53(57(48)58)61(43-30-28-39(29-31-43)38-14-4-3-5-15-38)52-26-11-17-40-16-10-20-46(55(40)52)49-22-12-21-47-45-19-7-9-25-51(45)60(56(47)49)42-33-37-32-41-34-54(60)59(41,35-37)36-42/h3-31,37,41-42,54H,32-36H2,1-2H3. The van der Waals surface area contributed by atoms with E-state index in [0.29, 0.717) is 11.3 Å². The van der Waals surface area contributed by atoms with E-state index in [9.17, 15) is 0 Å². The Kier molecular flexibility index (Phi) is 6.80. The molecule has 1 heteroatoms. The average Bonchev–Trinajstić information content (AvgIpc) is 3.86. The molecule has 0 aliphatic heterocycles. The third-order valence-corrected chi connectivity index (χ3v) is 17.3. The smallest absolute Gasteiger partial charge is 0.0546 e. The van der Waals surface area contributed by atoms with Gasteiger partial charge in [-0.3, -0.25) is 0 Å². The van der Waals surface area contributed by atoms with E-state index in [1.807, 2.05) is 0 Å². The van der Waals surface area contributed by atoms with Crippen molar-refractivity contribution in [1.82, 2.24) is 0 Å². The molecule has 6 unspecified atom stereocenters. The van der Waals surface area contributed by atoms with Crippen molar-refractivity contribution in [2.24, 2.45) is 29.1 Å². The van der Waals surface area contributed by atoms with Crippen LogP contribution in [0, 0.1) is 29.1 Å². The SMILES string of the molecule is CC1(C)c2ccccc2-c2cccc(N(c3ccc(-c4ccccc4)cc3)c3cccc4cccc(-c5cccc6c5C5(c7ccccc7-6)C6CC7CC8CC5C8(C7)C6)c34)c21. The molecule has 2 spiro atoms. The van der Waals surface area contributed by atoms with Crippen LogP contribution in [0.3, 0.4) is 0 Å².